The molecule has 1 aliphatic rings. The lowest BCUT2D eigenvalue weighted by molar-refractivity contribution is 0.0869. The fraction of sp³-hybridized carbons (Fsp3) is 0.538. The molecule has 1 heterocycles. The molecule has 0 bridgehead atoms. The number of hydrogen-bond acceptors (Lipinski definition) is 3. The summed E-state index contributed by atoms with van der Waals surface area (Å²) < 4.78 is 13.4. The molecule has 17 heavy (non-hydrogen) atoms. The summed E-state index contributed by atoms with van der Waals surface area (Å²) in [6, 6.07) is 1.46. The molecule has 0 aliphatic heterocycles. The highest BCUT2D eigenvalue weighted by molar-refractivity contribution is 5.98. The monoisotopic (exact) mass is 236 g/mol. The van der Waals surface area contributed by atoms with Crippen molar-refractivity contribution in [2.75, 3.05) is 6.54 Å². The van der Waals surface area contributed by atoms with Gasteiger partial charge in [0.15, 0.2) is 11.6 Å². The third kappa shape index (κ3) is 2.69. The molecule has 1 saturated carbocycles. The fourth-order valence-corrected chi connectivity index (χ4v) is 2.46. The molecule has 2 rings (SSSR count). The van der Waals surface area contributed by atoms with Gasteiger partial charge in [0.1, 0.15) is 0 Å². The molecule has 1 aliphatic carbocycles. The molecule has 92 valence electrons. The van der Waals surface area contributed by atoms with Crippen LogP contribution in [0.5, 0.6) is 0 Å². The molecule has 2 N–H and O–H groups in total. The van der Waals surface area contributed by atoms with Gasteiger partial charge in [0.25, 0.3) is 0 Å². The van der Waals surface area contributed by atoms with E-state index in [1.165, 1.54) is 12.3 Å². The summed E-state index contributed by atoms with van der Waals surface area (Å²) in [4.78, 5) is 15.8. The second kappa shape index (κ2) is 5.36. The van der Waals surface area contributed by atoms with E-state index >= 15 is 0 Å². The van der Waals surface area contributed by atoms with Crippen LogP contribution < -0.4 is 5.73 Å². The minimum atomic E-state index is -0.515. The van der Waals surface area contributed by atoms with Crippen LogP contribution in [0, 0.1) is 17.7 Å². The lowest BCUT2D eigenvalue weighted by Crippen LogP contribution is -2.26. The summed E-state index contributed by atoms with van der Waals surface area (Å²) in [5.74, 6) is -0.116. The Kier molecular flexibility index (Phi) is 3.84. The molecule has 1 fully saturated rings. The Balaban J connectivity index is 2.04. The molecule has 4 heteroatoms. The average Bonchev–Trinajstić information content (AvgIpc) is 2.39. The first kappa shape index (κ1) is 12.2. The standard InChI is InChI=1S/C13H17FN2O/c14-12-8-16-6-5-11(12)13(17)10-3-1-9(7-15)2-4-10/h5-6,8-10H,1-4,7,15H2. The highest BCUT2D eigenvalue weighted by atomic mass is 19.1. The number of Topliss-reactive ketones (excluding diaryl/α,β-unsaturated/α-hetero) is 1. The van der Waals surface area contributed by atoms with E-state index in [0.717, 1.165) is 31.9 Å². The number of nitrogens with two attached hydrogens (primary N) is 1. The Labute approximate surface area is 100 Å². The molecule has 0 radical (unpaired) electrons. The Bertz CT molecular complexity index is 400. The first-order chi connectivity index (χ1) is 8.22. The van der Waals surface area contributed by atoms with E-state index < -0.39 is 5.82 Å². The van der Waals surface area contributed by atoms with Crippen molar-refractivity contribution in [2.24, 2.45) is 17.6 Å². The number of aromatic nitrogens is 1. The molecule has 0 spiro atoms. The average molecular weight is 236 g/mol. The number of hydrogen-bond donors (Lipinski definition) is 1. The van der Waals surface area contributed by atoms with Crippen LogP contribution in [0.15, 0.2) is 18.5 Å². The van der Waals surface area contributed by atoms with Gasteiger partial charge in [-0.2, -0.15) is 0 Å². The van der Waals surface area contributed by atoms with Crippen molar-refractivity contribution in [2.45, 2.75) is 25.7 Å². The van der Waals surface area contributed by atoms with Crippen LogP contribution in [0.1, 0.15) is 36.0 Å². The second-order valence-corrected chi connectivity index (χ2v) is 4.67. The molecule has 1 aromatic heterocycles. The van der Waals surface area contributed by atoms with Crippen LogP contribution >= 0.6 is 0 Å². The molecule has 0 amide bonds. The molecule has 1 aromatic rings. The van der Waals surface area contributed by atoms with E-state index in [9.17, 15) is 9.18 Å². The van der Waals surface area contributed by atoms with E-state index in [-0.39, 0.29) is 17.3 Å². The van der Waals surface area contributed by atoms with Crippen LogP contribution in [0.3, 0.4) is 0 Å². The number of rotatable bonds is 3. The summed E-state index contributed by atoms with van der Waals surface area (Å²) in [5.41, 5.74) is 5.78. The molecule has 0 saturated heterocycles. The van der Waals surface area contributed by atoms with Gasteiger partial charge in [-0.05, 0) is 44.2 Å². The largest absolute Gasteiger partial charge is 0.330 e. The minimum Gasteiger partial charge on any atom is -0.330 e. The summed E-state index contributed by atoms with van der Waals surface area (Å²) in [6.07, 6.45) is 6.14. The molecule has 0 atom stereocenters. The Morgan fingerprint density at radius 2 is 2.12 bits per heavy atom. The quantitative estimate of drug-likeness (QED) is 0.818. The number of ketones is 1. The zero-order valence-corrected chi connectivity index (χ0v) is 9.73. The highest BCUT2D eigenvalue weighted by Gasteiger charge is 2.27. The first-order valence-electron chi connectivity index (χ1n) is 6.06. The summed E-state index contributed by atoms with van der Waals surface area (Å²) in [6.45, 7) is 0.685. The van der Waals surface area contributed by atoms with Gasteiger partial charge in [-0.15, -0.1) is 0 Å². The van der Waals surface area contributed by atoms with Crippen molar-refractivity contribution in [1.82, 2.24) is 4.98 Å². The number of carbonyl (C=O) groups excluding carboxylic acids is 1. The van der Waals surface area contributed by atoms with Gasteiger partial charge >= 0.3 is 0 Å². The van der Waals surface area contributed by atoms with Crippen LogP contribution in [0.4, 0.5) is 4.39 Å². The van der Waals surface area contributed by atoms with Crippen molar-refractivity contribution in [3.8, 4) is 0 Å². The molecular weight excluding hydrogens is 219 g/mol. The van der Waals surface area contributed by atoms with Crippen molar-refractivity contribution < 1.29 is 9.18 Å². The number of pyridine rings is 1. The van der Waals surface area contributed by atoms with E-state index in [4.69, 9.17) is 5.73 Å². The maximum absolute atomic E-state index is 13.4. The lowest BCUT2D eigenvalue weighted by Gasteiger charge is -2.26. The van der Waals surface area contributed by atoms with Crippen LogP contribution in [0.25, 0.3) is 0 Å². The van der Waals surface area contributed by atoms with Gasteiger partial charge in [-0.25, -0.2) is 4.39 Å². The second-order valence-electron chi connectivity index (χ2n) is 4.67. The number of nitrogens with zero attached hydrogens (tertiary/aromatic N) is 1. The van der Waals surface area contributed by atoms with Crippen molar-refractivity contribution >= 4 is 5.78 Å². The Hall–Kier alpha value is -1.29. The van der Waals surface area contributed by atoms with Gasteiger partial charge in [0.05, 0.1) is 11.8 Å². The summed E-state index contributed by atoms with van der Waals surface area (Å²) in [5, 5.41) is 0. The van der Waals surface area contributed by atoms with Crippen molar-refractivity contribution in [3.63, 3.8) is 0 Å². The SMILES string of the molecule is NCC1CCC(C(=O)c2ccncc2F)CC1. The summed E-state index contributed by atoms with van der Waals surface area (Å²) >= 11 is 0. The van der Waals surface area contributed by atoms with Gasteiger partial charge in [0.2, 0.25) is 0 Å². The number of halogens is 1. The van der Waals surface area contributed by atoms with E-state index in [1.807, 2.05) is 0 Å². The van der Waals surface area contributed by atoms with Crippen molar-refractivity contribution in [3.05, 3.63) is 29.8 Å². The highest BCUT2D eigenvalue weighted by Crippen LogP contribution is 2.30. The molecule has 3 nitrogen and oxygen atoms in total. The van der Waals surface area contributed by atoms with Gasteiger partial charge < -0.3 is 5.73 Å². The predicted octanol–water partition coefficient (Wildman–Crippen LogP) is 2.17. The lowest BCUT2D eigenvalue weighted by atomic mass is 9.79. The zero-order chi connectivity index (χ0) is 12.3. The zero-order valence-electron chi connectivity index (χ0n) is 9.73. The topological polar surface area (TPSA) is 56.0 Å². The summed E-state index contributed by atoms with van der Waals surface area (Å²) in [7, 11) is 0. The van der Waals surface area contributed by atoms with Crippen LogP contribution in [-0.2, 0) is 0 Å². The molecule has 0 aromatic carbocycles. The Morgan fingerprint density at radius 1 is 1.41 bits per heavy atom. The predicted molar refractivity (Wildman–Crippen MR) is 63.0 cm³/mol. The third-order valence-corrected chi connectivity index (χ3v) is 3.59. The van der Waals surface area contributed by atoms with Gasteiger partial charge in [-0.3, -0.25) is 9.78 Å². The maximum atomic E-state index is 13.4. The Morgan fingerprint density at radius 3 is 2.71 bits per heavy atom. The first-order valence-corrected chi connectivity index (χ1v) is 6.06. The van der Waals surface area contributed by atoms with E-state index in [1.54, 1.807) is 0 Å². The van der Waals surface area contributed by atoms with Gasteiger partial charge in [-0.1, -0.05) is 0 Å². The van der Waals surface area contributed by atoms with Crippen LogP contribution in [0.2, 0.25) is 0 Å². The minimum absolute atomic E-state index is 0.0466. The normalized spacial score (nSPS) is 24.6. The smallest absolute Gasteiger partial charge is 0.168 e. The third-order valence-electron chi connectivity index (χ3n) is 3.59. The van der Waals surface area contributed by atoms with E-state index in [0.29, 0.717) is 12.5 Å². The molecule has 0 unspecified atom stereocenters. The number of carbonyl (C=O) groups is 1. The van der Waals surface area contributed by atoms with E-state index in [2.05, 4.69) is 4.98 Å². The maximum Gasteiger partial charge on any atom is 0.168 e. The van der Waals surface area contributed by atoms with Gasteiger partial charge in [0, 0.05) is 12.1 Å². The fourth-order valence-electron chi connectivity index (χ4n) is 2.46. The van der Waals surface area contributed by atoms with Crippen LogP contribution in [-0.4, -0.2) is 17.3 Å². The molecular formula is C13H17FN2O. The van der Waals surface area contributed by atoms with Crippen molar-refractivity contribution in [1.29, 1.82) is 0 Å².